The van der Waals surface area contributed by atoms with Crippen LogP contribution in [0.15, 0.2) is 0 Å². The number of nitrogens with zero attached hydrogens (tertiary/aromatic N) is 1. The van der Waals surface area contributed by atoms with Gasteiger partial charge in [0.2, 0.25) is 5.91 Å². The topological polar surface area (TPSA) is 66.5 Å². The molecule has 1 aliphatic carbocycles. The second-order valence-corrected chi connectivity index (χ2v) is 4.54. The molecule has 0 radical (unpaired) electrons. The molecule has 88 valence electrons. The average molecular weight is 224 g/mol. The minimum atomic E-state index is -0.281. The Morgan fingerprint density at radius 3 is 2.31 bits per heavy atom. The highest BCUT2D eigenvalue weighted by Gasteiger charge is 2.37. The second kappa shape index (κ2) is 4.23. The van der Waals surface area contributed by atoms with E-state index in [-0.39, 0.29) is 36.2 Å². The molecule has 1 N–H and O–H groups in total. The number of nitrogens with one attached hydrogen (secondary N) is 1. The Hall–Kier alpha value is -1.39. The van der Waals surface area contributed by atoms with Crippen molar-refractivity contribution in [2.45, 2.75) is 38.6 Å². The van der Waals surface area contributed by atoms with Crippen molar-refractivity contribution in [2.75, 3.05) is 6.54 Å². The van der Waals surface area contributed by atoms with E-state index in [9.17, 15) is 14.4 Å². The number of imide groups is 1. The third-order valence-electron chi connectivity index (χ3n) is 3.52. The maximum Gasteiger partial charge on any atom is 0.324 e. The molecule has 0 spiro atoms. The number of ketones is 1. The lowest BCUT2D eigenvalue weighted by Crippen LogP contribution is -2.43. The van der Waals surface area contributed by atoms with E-state index in [0.29, 0.717) is 0 Å². The van der Waals surface area contributed by atoms with Crippen molar-refractivity contribution in [1.82, 2.24) is 10.2 Å². The van der Waals surface area contributed by atoms with E-state index in [1.165, 1.54) is 4.90 Å². The van der Waals surface area contributed by atoms with Gasteiger partial charge in [-0.1, -0.05) is 0 Å². The normalized spacial score (nSPS) is 30.4. The lowest BCUT2D eigenvalue weighted by molar-refractivity contribution is -0.127. The summed E-state index contributed by atoms with van der Waals surface area (Å²) in [5.74, 6) is 0.198. The van der Waals surface area contributed by atoms with Gasteiger partial charge in [0.25, 0.3) is 0 Å². The van der Waals surface area contributed by atoms with Gasteiger partial charge in [-0.15, -0.1) is 0 Å². The zero-order chi connectivity index (χ0) is 11.7. The van der Waals surface area contributed by atoms with E-state index in [1.54, 1.807) is 6.92 Å². The molecule has 0 unspecified atom stereocenters. The number of carbonyl (C=O) groups excluding carboxylic acids is 3. The molecule has 0 bridgehead atoms. The van der Waals surface area contributed by atoms with Crippen molar-refractivity contribution in [3.05, 3.63) is 0 Å². The van der Waals surface area contributed by atoms with Gasteiger partial charge in [0, 0.05) is 12.0 Å². The third kappa shape index (κ3) is 1.94. The monoisotopic (exact) mass is 224 g/mol. The van der Waals surface area contributed by atoms with Gasteiger partial charge in [-0.2, -0.15) is 0 Å². The Kier molecular flexibility index (Phi) is 2.94. The van der Waals surface area contributed by atoms with Gasteiger partial charge in [0.15, 0.2) is 0 Å². The molecule has 2 rings (SSSR count). The van der Waals surface area contributed by atoms with E-state index in [2.05, 4.69) is 5.32 Å². The zero-order valence-corrected chi connectivity index (χ0v) is 9.36. The van der Waals surface area contributed by atoms with Crippen molar-refractivity contribution >= 4 is 17.7 Å². The molecule has 16 heavy (non-hydrogen) atoms. The van der Waals surface area contributed by atoms with Crippen LogP contribution >= 0.6 is 0 Å². The predicted molar refractivity (Wildman–Crippen MR) is 56.7 cm³/mol. The molecule has 1 saturated heterocycles. The number of urea groups is 1. The van der Waals surface area contributed by atoms with Crippen molar-refractivity contribution in [3.63, 3.8) is 0 Å². The maximum atomic E-state index is 11.5. The molecule has 1 aliphatic heterocycles. The van der Waals surface area contributed by atoms with Crippen LogP contribution in [0.25, 0.3) is 0 Å². The molecule has 0 aromatic heterocycles. The fourth-order valence-electron chi connectivity index (χ4n) is 2.54. The van der Waals surface area contributed by atoms with Crippen LogP contribution in [-0.4, -0.2) is 35.2 Å². The third-order valence-corrected chi connectivity index (χ3v) is 3.52. The summed E-state index contributed by atoms with van der Waals surface area (Å²) in [6.45, 7) is 1.73. The maximum absolute atomic E-state index is 11.5. The largest absolute Gasteiger partial charge is 0.329 e. The molecule has 5 heteroatoms. The highest BCUT2D eigenvalue weighted by Crippen LogP contribution is 2.29. The first-order chi connectivity index (χ1) is 7.59. The lowest BCUT2D eigenvalue weighted by atomic mass is 9.83. The number of hydrogen-bond donors (Lipinski definition) is 1. The summed E-state index contributed by atoms with van der Waals surface area (Å²) in [6.07, 6.45) is 3.08. The van der Waals surface area contributed by atoms with Crippen molar-refractivity contribution in [2.24, 2.45) is 5.92 Å². The molecule has 2 fully saturated rings. The summed E-state index contributed by atoms with van der Waals surface area (Å²) >= 11 is 0. The molecular formula is C11H16N2O3. The van der Waals surface area contributed by atoms with Crippen LogP contribution in [0.5, 0.6) is 0 Å². The number of carbonyl (C=O) groups is 3. The smallest absolute Gasteiger partial charge is 0.324 e. The second-order valence-electron chi connectivity index (χ2n) is 4.54. The first kappa shape index (κ1) is 11.1. The Morgan fingerprint density at radius 2 is 1.88 bits per heavy atom. The number of Topliss-reactive ketones (excluding diaryl/α,β-unsaturated/α-hetero) is 1. The molecule has 1 saturated carbocycles. The van der Waals surface area contributed by atoms with E-state index >= 15 is 0 Å². The van der Waals surface area contributed by atoms with Crippen LogP contribution < -0.4 is 5.32 Å². The lowest BCUT2D eigenvalue weighted by Gasteiger charge is -2.31. The standard InChI is InChI=1S/C11H16N2O3/c1-7(14)8-2-4-9(5-3-8)13-10(15)6-12-11(13)16/h8-9H,2-6H2,1H3,(H,12,16)/t8-,9-. The Labute approximate surface area is 94.2 Å². The molecule has 0 aromatic rings. The summed E-state index contributed by atoms with van der Waals surface area (Å²) < 4.78 is 0. The van der Waals surface area contributed by atoms with E-state index < -0.39 is 0 Å². The molecule has 0 atom stereocenters. The molecule has 5 nitrogen and oxygen atoms in total. The minimum Gasteiger partial charge on any atom is -0.329 e. The van der Waals surface area contributed by atoms with E-state index in [0.717, 1.165) is 25.7 Å². The molecular weight excluding hydrogens is 208 g/mol. The first-order valence-electron chi connectivity index (χ1n) is 5.70. The van der Waals surface area contributed by atoms with Crippen LogP contribution in [0.2, 0.25) is 0 Å². The summed E-state index contributed by atoms with van der Waals surface area (Å²) in [5, 5.41) is 2.52. The minimum absolute atomic E-state index is 0.00870. The SMILES string of the molecule is CC(=O)[C@H]1CC[C@H](N2C(=O)CNC2=O)CC1. The van der Waals surface area contributed by atoms with Crippen LogP contribution in [0.1, 0.15) is 32.6 Å². The van der Waals surface area contributed by atoms with E-state index in [4.69, 9.17) is 0 Å². The van der Waals surface area contributed by atoms with Gasteiger partial charge in [-0.25, -0.2) is 4.79 Å². The highest BCUT2D eigenvalue weighted by atomic mass is 16.2. The van der Waals surface area contributed by atoms with Gasteiger partial charge in [-0.05, 0) is 32.6 Å². The quantitative estimate of drug-likeness (QED) is 0.702. The van der Waals surface area contributed by atoms with Crippen molar-refractivity contribution < 1.29 is 14.4 Å². The molecule has 1 heterocycles. The summed E-state index contributed by atoms with van der Waals surface area (Å²) in [6, 6.07) is -0.290. The van der Waals surface area contributed by atoms with Gasteiger partial charge in [0.05, 0.1) is 6.54 Å². The van der Waals surface area contributed by atoms with Gasteiger partial charge in [0.1, 0.15) is 5.78 Å². The fourth-order valence-corrected chi connectivity index (χ4v) is 2.54. The van der Waals surface area contributed by atoms with Gasteiger partial charge < -0.3 is 5.32 Å². The molecule has 0 aromatic carbocycles. The average Bonchev–Trinajstić information content (AvgIpc) is 2.59. The summed E-state index contributed by atoms with van der Waals surface area (Å²) in [4.78, 5) is 35.4. The Balaban J connectivity index is 1.96. The summed E-state index contributed by atoms with van der Waals surface area (Å²) in [7, 11) is 0. The van der Waals surface area contributed by atoms with Crippen LogP contribution in [-0.2, 0) is 9.59 Å². The molecule has 2 aliphatic rings. The van der Waals surface area contributed by atoms with Crippen LogP contribution in [0.4, 0.5) is 4.79 Å². The Bertz CT molecular complexity index is 316. The molecule has 3 amide bonds. The van der Waals surface area contributed by atoms with Crippen molar-refractivity contribution in [3.8, 4) is 0 Å². The number of amides is 3. The zero-order valence-electron chi connectivity index (χ0n) is 9.36. The predicted octanol–water partition coefficient (Wildman–Crippen LogP) is 0.686. The van der Waals surface area contributed by atoms with E-state index in [1.807, 2.05) is 0 Å². The van der Waals surface area contributed by atoms with Crippen molar-refractivity contribution in [1.29, 1.82) is 0 Å². The number of rotatable bonds is 2. The van der Waals surface area contributed by atoms with Crippen LogP contribution in [0.3, 0.4) is 0 Å². The number of hydrogen-bond acceptors (Lipinski definition) is 3. The Morgan fingerprint density at radius 1 is 1.25 bits per heavy atom. The van der Waals surface area contributed by atoms with Gasteiger partial charge in [-0.3, -0.25) is 14.5 Å². The van der Waals surface area contributed by atoms with Gasteiger partial charge >= 0.3 is 6.03 Å². The first-order valence-corrected chi connectivity index (χ1v) is 5.70. The highest BCUT2D eigenvalue weighted by molar-refractivity contribution is 6.02. The van der Waals surface area contributed by atoms with Crippen LogP contribution in [0, 0.1) is 5.92 Å². The fraction of sp³-hybridized carbons (Fsp3) is 0.727. The summed E-state index contributed by atoms with van der Waals surface area (Å²) in [5.41, 5.74) is 0.